The summed E-state index contributed by atoms with van der Waals surface area (Å²) in [6.07, 6.45) is 1.16. The Kier molecular flexibility index (Phi) is 6.79. The van der Waals surface area contributed by atoms with Gasteiger partial charge >= 0.3 is 11.9 Å². The van der Waals surface area contributed by atoms with Gasteiger partial charge in [0.15, 0.2) is 0 Å². The number of carbonyl (C=O) groups is 3. The Balaban J connectivity index is 2.97. The summed E-state index contributed by atoms with van der Waals surface area (Å²) in [6, 6.07) is 0. The van der Waals surface area contributed by atoms with E-state index in [1.165, 1.54) is 14.0 Å². The van der Waals surface area contributed by atoms with Gasteiger partial charge in [-0.1, -0.05) is 13.8 Å². The molecule has 1 rings (SSSR count). The standard InChI is InChI=1S/C19H32O6/c1-8-18(5,13(2)20)12-19(6,16(22)23-7)11-17(3,4)15(21)25-10-14-9-24-14/h14H,8-12H2,1-7H3. The van der Waals surface area contributed by atoms with Crippen LogP contribution in [0.2, 0.25) is 0 Å². The summed E-state index contributed by atoms with van der Waals surface area (Å²) < 4.78 is 15.4. The Morgan fingerprint density at radius 1 is 1.04 bits per heavy atom. The average molecular weight is 356 g/mol. The number of ketones is 1. The molecule has 1 fully saturated rings. The molecule has 1 saturated heterocycles. The van der Waals surface area contributed by atoms with Crippen molar-refractivity contribution in [3.63, 3.8) is 0 Å². The molecule has 0 aliphatic carbocycles. The minimum Gasteiger partial charge on any atom is -0.469 e. The highest BCUT2D eigenvalue weighted by Crippen LogP contribution is 2.45. The van der Waals surface area contributed by atoms with Crippen molar-refractivity contribution in [3.05, 3.63) is 0 Å². The van der Waals surface area contributed by atoms with Crippen molar-refractivity contribution in [1.82, 2.24) is 0 Å². The monoisotopic (exact) mass is 356 g/mol. The van der Waals surface area contributed by atoms with E-state index in [0.29, 0.717) is 19.4 Å². The quantitative estimate of drug-likeness (QED) is 0.442. The molecule has 0 spiro atoms. The minimum atomic E-state index is -0.968. The van der Waals surface area contributed by atoms with Crippen LogP contribution in [0.5, 0.6) is 0 Å². The highest BCUT2D eigenvalue weighted by atomic mass is 16.6. The molecule has 0 aromatic rings. The number of rotatable bonds is 10. The Morgan fingerprint density at radius 2 is 1.60 bits per heavy atom. The zero-order valence-electron chi connectivity index (χ0n) is 16.6. The highest BCUT2D eigenvalue weighted by molar-refractivity contribution is 5.84. The zero-order valence-corrected chi connectivity index (χ0v) is 16.6. The van der Waals surface area contributed by atoms with E-state index in [0.717, 1.165) is 0 Å². The third-order valence-corrected chi connectivity index (χ3v) is 5.28. The Bertz CT molecular complexity index is 522. The van der Waals surface area contributed by atoms with E-state index >= 15 is 0 Å². The smallest absolute Gasteiger partial charge is 0.311 e. The summed E-state index contributed by atoms with van der Waals surface area (Å²) in [7, 11) is 1.33. The van der Waals surface area contributed by atoms with Crippen molar-refractivity contribution in [1.29, 1.82) is 0 Å². The Morgan fingerprint density at radius 3 is 2.00 bits per heavy atom. The van der Waals surface area contributed by atoms with Crippen molar-refractivity contribution in [2.24, 2.45) is 16.2 Å². The predicted molar refractivity (Wildman–Crippen MR) is 92.9 cm³/mol. The van der Waals surface area contributed by atoms with Gasteiger partial charge in [0.05, 0.1) is 24.5 Å². The van der Waals surface area contributed by atoms with E-state index < -0.39 is 22.2 Å². The molecule has 25 heavy (non-hydrogen) atoms. The van der Waals surface area contributed by atoms with Gasteiger partial charge in [0.2, 0.25) is 0 Å². The third kappa shape index (κ3) is 5.53. The zero-order chi connectivity index (χ0) is 19.5. The molecule has 3 atom stereocenters. The SMILES string of the molecule is CCC(C)(CC(C)(CC(C)(C)C(=O)OCC1CO1)C(=O)OC)C(C)=O. The number of hydrogen-bond acceptors (Lipinski definition) is 6. The van der Waals surface area contributed by atoms with E-state index in [4.69, 9.17) is 14.2 Å². The van der Waals surface area contributed by atoms with E-state index in [9.17, 15) is 14.4 Å². The number of Topliss-reactive ketones (excluding diaryl/α,β-unsaturated/α-hetero) is 1. The summed E-state index contributed by atoms with van der Waals surface area (Å²) in [5.74, 6) is -0.768. The maximum absolute atomic E-state index is 12.5. The number of esters is 2. The molecule has 3 unspecified atom stereocenters. The summed E-state index contributed by atoms with van der Waals surface area (Å²) in [5.41, 5.74) is -2.50. The minimum absolute atomic E-state index is 0.00663. The normalized spacial score (nSPS) is 21.6. The molecule has 1 heterocycles. The van der Waals surface area contributed by atoms with Crippen LogP contribution in [0.1, 0.15) is 60.8 Å². The molecular weight excluding hydrogens is 324 g/mol. The van der Waals surface area contributed by atoms with Crippen molar-refractivity contribution in [2.75, 3.05) is 20.3 Å². The second kappa shape index (κ2) is 7.85. The first kappa shape index (κ1) is 21.6. The first-order valence-electron chi connectivity index (χ1n) is 8.78. The fourth-order valence-corrected chi connectivity index (χ4v) is 3.39. The van der Waals surface area contributed by atoms with Crippen LogP contribution in [-0.4, -0.2) is 44.1 Å². The maximum atomic E-state index is 12.5. The third-order valence-electron chi connectivity index (χ3n) is 5.28. The molecule has 0 bridgehead atoms. The number of ether oxygens (including phenoxy) is 3. The van der Waals surface area contributed by atoms with Gasteiger partial charge in [-0.25, -0.2) is 0 Å². The number of methoxy groups -OCH3 is 1. The van der Waals surface area contributed by atoms with Gasteiger partial charge in [0.25, 0.3) is 0 Å². The molecule has 0 N–H and O–H groups in total. The topological polar surface area (TPSA) is 82.2 Å². The van der Waals surface area contributed by atoms with Crippen LogP contribution >= 0.6 is 0 Å². The van der Waals surface area contributed by atoms with Crippen molar-refractivity contribution >= 4 is 17.7 Å². The molecule has 1 aliphatic heterocycles. The van der Waals surface area contributed by atoms with Crippen LogP contribution in [0.4, 0.5) is 0 Å². The number of epoxide rings is 1. The van der Waals surface area contributed by atoms with E-state index in [-0.39, 0.29) is 30.9 Å². The van der Waals surface area contributed by atoms with Gasteiger partial charge in [-0.15, -0.1) is 0 Å². The van der Waals surface area contributed by atoms with Gasteiger partial charge in [0, 0.05) is 5.41 Å². The van der Waals surface area contributed by atoms with Gasteiger partial charge in [-0.3, -0.25) is 14.4 Å². The van der Waals surface area contributed by atoms with Crippen LogP contribution in [0.25, 0.3) is 0 Å². The lowest BCUT2D eigenvalue weighted by atomic mass is 9.64. The van der Waals surface area contributed by atoms with Crippen molar-refractivity contribution in [3.8, 4) is 0 Å². The number of hydrogen-bond donors (Lipinski definition) is 0. The summed E-state index contributed by atoms with van der Waals surface area (Å²) >= 11 is 0. The maximum Gasteiger partial charge on any atom is 0.311 e. The van der Waals surface area contributed by atoms with Crippen molar-refractivity contribution < 1.29 is 28.6 Å². The van der Waals surface area contributed by atoms with Gasteiger partial charge in [-0.2, -0.15) is 0 Å². The molecule has 6 heteroatoms. The number of carbonyl (C=O) groups excluding carboxylic acids is 3. The lowest BCUT2D eigenvalue weighted by Crippen LogP contribution is -2.43. The fourth-order valence-electron chi connectivity index (χ4n) is 3.39. The molecule has 6 nitrogen and oxygen atoms in total. The van der Waals surface area contributed by atoms with Crippen LogP contribution in [-0.2, 0) is 28.6 Å². The highest BCUT2D eigenvalue weighted by Gasteiger charge is 2.48. The predicted octanol–water partition coefficient (Wildman–Crippen LogP) is 2.92. The van der Waals surface area contributed by atoms with Crippen LogP contribution in [0.3, 0.4) is 0 Å². The molecule has 0 aromatic heterocycles. The van der Waals surface area contributed by atoms with Crippen LogP contribution in [0.15, 0.2) is 0 Å². The summed E-state index contributed by atoms with van der Waals surface area (Å²) in [5, 5.41) is 0. The molecule has 0 amide bonds. The molecule has 0 saturated carbocycles. The molecule has 1 aliphatic rings. The Labute approximate surface area is 150 Å². The first-order valence-corrected chi connectivity index (χ1v) is 8.78. The summed E-state index contributed by atoms with van der Waals surface area (Å²) in [6.45, 7) is 11.4. The second-order valence-corrected chi connectivity index (χ2v) is 8.31. The largest absolute Gasteiger partial charge is 0.469 e. The van der Waals surface area contributed by atoms with Crippen LogP contribution in [0, 0.1) is 16.2 Å². The summed E-state index contributed by atoms with van der Waals surface area (Å²) in [4.78, 5) is 37.1. The van der Waals surface area contributed by atoms with Gasteiger partial charge < -0.3 is 14.2 Å². The molecular formula is C19H32O6. The van der Waals surface area contributed by atoms with Crippen LogP contribution < -0.4 is 0 Å². The molecule has 144 valence electrons. The lowest BCUT2D eigenvalue weighted by molar-refractivity contribution is -0.163. The lowest BCUT2D eigenvalue weighted by Gasteiger charge is -2.39. The Hall–Kier alpha value is -1.43. The van der Waals surface area contributed by atoms with Crippen molar-refractivity contribution in [2.45, 2.75) is 66.9 Å². The molecule has 0 aromatic carbocycles. The van der Waals surface area contributed by atoms with E-state index in [1.54, 1.807) is 20.8 Å². The molecule has 0 radical (unpaired) electrons. The fraction of sp³-hybridized carbons (Fsp3) is 0.842. The van der Waals surface area contributed by atoms with E-state index in [2.05, 4.69) is 0 Å². The van der Waals surface area contributed by atoms with Gasteiger partial charge in [-0.05, 0) is 47.0 Å². The first-order chi connectivity index (χ1) is 11.4. The van der Waals surface area contributed by atoms with Gasteiger partial charge in [0.1, 0.15) is 18.5 Å². The van der Waals surface area contributed by atoms with E-state index in [1.807, 2.05) is 13.8 Å². The second-order valence-electron chi connectivity index (χ2n) is 8.31. The average Bonchev–Trinajstić information content (AvgIpc) is 3.34.